The van der Waals surface area contributed by atoms with E-state index in [0.29, 0.717) is 22.7 Å². The molecule has 84 valence electrons. The second-order valence-electron chi connectivity index (χ2n) is 3.53. The third kappa shape index (κ3) is 1.60. The van der Waals surface area contributed by atoms with Crippen LogP contribution in [0.1, 0.15) is 10.4 Å². The lowest BCUT2D eigenvalue weighted by Gasteiger charge is -2.03. The van der Waals surface area contributed by atoms with E-state index in [2.05, 4.69) is 9.72 Å². The highest BCUT2D eigenvalue weighted by atomic mass is 16.5. The van der Waals surface area contributed by atoms with Gasteiger partial charge in [-0.05, 0) is 12.1 Å². The van der Waals surface area contributed by atoms with Gasteiger partial charge in [-0.25, -0.2) is 4.79 Å². The number of anilines is 1. The number of rotatable bonds is 2. The number of oxazole rings is 1. The van der Waals surface area contributed by atoms with E-state index in [9.17, 15) is 4.79 Å². The van der Waals surface area contributed by atoms with Crippen LogP contribution in [0.3, 0.4) is 0 Å². The number of hydrogen-bond donors (Lipinski definition) is 0. The van der Waals surface area contributed by atoms with Crippen LogP contribution in [-0.4, -0.2) is 32.2 Å². The van der Waals surface area contributed by atoms with Crippen molar-refractivity contribution in [3.63, 3.8) is 0 Å². The summed E-state index contributed by atoms with van der Waals surface area (Å²) in [7, 11) is 4.99. The fourth-order valence-electron chi connectivity index (χ4n) is 1.40. The Kier molecular flexibility index (Phi) is 2.52. The van der Waals surface area contributed by atoms with Crippen LogP contribution in [0.25, 0.3) is 11.1 Å². The highest BCUT2D eigenvalue weighted by Gasteiger charge is 2.15. The second kappa shape index (κ2) is 3.84. The minimum Gasteiger partial charge on any atom is -0.465 e. The predicted molar refractivity (Wildman–Crippen MR) is 59.7 cm³/mol. The SMILES string of the molecule is COC(=O)c1cccc2oc(N(C)C)nc12. The maximum Gasteiger partial charge on any atom is 0.340 e. The molecule has 0 fully saturated rings. The Balaban J connectivity index is 2.63. The molecule has 0 bridgehead atoms. The first-order valence-corrected chi connectivity index (χ1v) is 4.78. The molecule has 0 atom stereocenters. The van der Waals surface area contributed by atoms with Crippen molar-refractivity contribution in [1.82, 2.24) is 4.98 Å². The number of aromatic nitrogens is 1. The molecule has 0 unspecified atom stereocenters. The molecule has 0 saturated carbocycles. The average molecular weight is 220 g/mol. The van der Waals surface area contributed by atoms with Crippen molar-refractivity contribution in [3.05, 3.63) is 23.8 Å². The van der Waals surface area contributed by atoms with Crippen LogP contribution in [0.4, 0.5) is 6.01 Å². The monoisotopic (exact) mass is 220 g/mol. The molecule has 0 aliphatic carbocycles. The van der Waals surface area contributed by atoms with Gasteiger partial charge in [0, 0.05) is 14.1 Å². The standard InChI is InChI=1S/C11H12N2O3/c1-13(2)11-12-9-7(10(14)15-3)5-4-6-8(9)16-11/h4-6H,1-3H3. The largest absolute Gasteiger partial charge is 0.465 e. The third-order valence-corrected chi connectivity index (χ3v) is 2.20. The van der Waals surface area contributed by atoms with Gasteiger partial charge in [0.05, 0.1) is 12.7 Å². The molecule has 2 rings (SSSR count). The first-order chi connectivity index (χ1) is 7.63. The molecule has 1 heterocycles. The number of methoxy groups -OCH3 is 1. The van der Waals surface area contributed by atoms with Crippen LogP contribution in [-0.2, 0) is 4.74 Å². The summed E-state index contributed by atoms with van der Waals surface area (Å²) in [5, 5.41) is 0. The molecule has 0 aliphatic rings. The van der Waals surface area contributed by atoms with E-state index in [1.807, 2.05) is 14.1 Å². The maximum atomic E-state index is 11.5. The Hall–Kier alpha value is -2.04. The van der Waals surface area contributed by atoms with Gasteiger partial charge in [0.15, 0.2) is 5.58 Å². The smallest absolute Gasteiger partial charge is 0.340 e. The Labute approximate surface area is 92.6 Å². The van der Waals surface area contributed by atoms with Gasteiger partial charge in [0.25, 0.3) is 6.01 Å². The molecule has 0 aliphatic heterocycles. The highest BCUT2D eigenvalue weighted by molar-refractivity contribution is 6.01. The summed E-state index contributed by atoms with van der Waals surface area (Å²) in [6.45, 7) is 0. The van der Waals surface area contributed by atoms with E-state index in [1.165, 1.54) is 7.11 Å². The van der Waals surface area contributed by atoms with Gasteiger partial charge in [0.1, 0.15) is 5.52 Å². The van der Waals surface area contributed by atoms with Crippen LogP contribution in [0.5, 0.6) is 0 Å². The summed E-state index contributed by atoms with van der Waals surface area (Å²) in [5.74, 6) is -0.413. The van der Waals surface area contributed by atoms with E-state index in [4.69, 9.17) is 4.42 Å². The molecule has 0 saturated heterocycles. The van der Waals surface area contributed by atoms with Gasteiger partial charge in [-0.1, -0.05) is 6.07 Å². The minimum atomic E-state index is -0.413. The summed E-state index contributed by atoms with van der Waals surface area (Å²) in [6, 6.07) is 5.63. The molecule has 2 aromatic rings. The van der Waals surface area contributed by atoms with Crippen molar-refractivity contribution >= 4 is 23.1 Å². The molecular formula is C11H12N2O3. The summed E-state index contributed by atoms with van der Waals surface area (Å²) in [6.07, 6.45) is 0. The molecule has 0 spiro atoms. The number of nitrogens with zero attached hydrogens (tertiary/aromatic N) is 2. The Morgan fingerprint density at radius 1 is 1.44 bits per heavy atom. The van der Waals surface area contributed by atoms with E-state index >= 15 is 0 Å². The summed E-state index contributed by atoms with van der Waals surface area (Å²) in [4.78, 5) is 17.5. The van der Waals surface area contributed by atoms with Crippen LogP contribution < -0.4 is 4.90 Å². The van der Waals surface area contributed by atoms with E-state index in [-0.39, 0.29) is 0 Å². The van der Waals surface area contributed by atoms with Gasteiger partial charge in [-0.15, -0.1) is 0 Å². The van der Waals surface area contributed by atoms with Crippen LogP contribution >= 0.6 is 0 Å². The van der Waals surface area contributed by atoms with Crippen molar-refractivity contribution in [1.29, 1.82) is 0 Å². The first-order valence-electron chi connectivity index (χ1n) is 4.78. The topological polar surface area (TPSA) is 55.6 Å². The molecule has 1 aromatic heterocycles. The van der Waals surface area contributed by atoms with Crippen LogP contribution in [0, 0.1) is 0 Å². The lowest BCUT2D eigenvalue weighted by molar-refractivity contribution is 0.0603. The summed E-state index contributed by atoms with van der Waals surface area (Å²) in [5.41, 5.74) is 1.52. The quantitative estimate of drug-likeness (QED) is 0.721. The number of para-hydroxylation sites is 1. The van der Waals surface area contributed by atoms with Crippen LogP contribution in [0.15, 0.2) is 22.6 Å². The van der Waals surface area contributed by atoms with E-state index in [0.717, 1.165) is 0 Å². The molecule has 0 N–H and O–H groups in total. The number of carbonyl (C=O) groups is 1. The first kappa shape index (κ1) is 10.5. The zero-order chi connectivity index (χ0) is 11.7. The number of fused-ring (bicyclic) bond motifs is 1. The number of benzene rings is 1. The molecule has 5 nitrogen and oxygen atoms in total. The lowest BCUT2D eigenvalue weighted by atomic mass is 10.2. The zero-order valence-corrected chi connectivity index (χ0v) is 9.35. The normalized spacial score (nSPS) is 10.4. The van der Waals surface area contributed by atoms with Crippen molar-refractivity contribution in [2.75, 3.05) is 26.1 Å². The van der Waals surface area contributed by atoms with Crippen molar-refractivity contribution in [2.45, 2.75) is 0 Å². The average Bonchev–Trinajstić information content (AvgIpc) is 2.71. The van der Waals surface area contributed by atoms with Gasteiger partial charge >= 0.3 is 5.97 Å². The summed E-state index contributed by atoms with van der Waals surface area (Å²) < 4.78 is 10.2. The zero-order valence-electron chi connectivity index (χ0n) is 9.35. The fourth-order valence-corrected chi connectivity index (χ4v) is 1.40. The third-order valence-electron chi connectivity index (χ3n) is 2.20. The number of ether oxygens (including phenoxy) is 1. The van der Waals surface area contributed by atoms with Crippen molar-refractivity contribution < 1.29 is 13.9 Å². The van der Waals surface area contributed by atoms with Crippen LogP contribution in [0.2, 0.25) is 0 Å². The molecule has 16 heavy (non-hydrogen) atoms. The number of esters is 1. The molecule has 1 aromatic carbocycles. The molecule has 0 radical (unpaired) electrons. The lowest BCUT2D eigenvalue weighted by Crippen LogP contribution is -2.08. The Morgan fingerprint density at radius 2 is 2.19 bits per heavy atom. The minimum absolute atomic E-state index is 0.413. The number of carbonyl (C=O) groups excluding carboxylic acids is 1. The van der Waals surface area contributed by atoms with Gasteiger partial charge < -0.3 is 14.1 Å². The predicted octanol–water partition coefficient (Wildman–Crippen LogP) is 1.68. The Morgan fingerprint density at radius 3 is 2.81 bits per heavy atom. The van der Waals surface area contributed by atoms with Gasteiger partial charge in [0.2, 0.25) is 0 Å². The van der Waals surface area contributed by atoms with Gasteiger partial charge in [-0.2, -0.15) is 4.98 Å². The fraction of sp³-hybridized carbons (Fsp3) is 0.273. The molecule has 0 amide bonds. The second-order valence-corrected chi connectivity index (χ2v) is 3.53. The molecule has 5 heteroatoms. The van der Waals surface area contributed by atoms with E-state index in [1.54, 1.807) is 23.1 Å². The summed E-state index contributed by atoms with van der Waals surface area (Å²) >= 11 is 0. The maximum absolute atomic E-state index is 11.5. The number of hydrogen-bond acceptors (Lipinski definition) is 5. The van der Waals surface area contributed by atoms with Gasteiger partial charge in [-0.3, -0.25) is 0 Å². The van der Waals surface area contributed by atoms with Crippen molar-refractivity contribution in [2.24, 2.45) is 0 Å². The van der Waals surface area contributed by atoms with Crippen molar-refractivity contribution in [3.8, 4) is 0 Å². The Bertz CT molecular complexity index is 531. The van der Waals surface area contributed by atoms with E-state index < -0.39 is 5.97 Å². The molecular weight excluding hydrogens is 208 g/mol. The highest BCUT2D eigenvalue weighted by Crippen LogP contribution is 2.23.